The molecule has 1 heterocycles. The predicted octanol–water partition coefficient (Wildman–Crippen LogP) is 1.92. The molecular weight excluding hydrogens is 286 g/mol. The minimum atomic E-state index is -3.68. The van der Waals surface area contributed by atoms with E-state index in [-0.39, 0.29) is 21.2 Å². The van der Waals surface area contributed by atoms with Crippen molar-refractivity contribution in [2.24, 2.45) is 5.41 Å². The van der Waals surface area contributed by atoms with Crippen LogP contribution in [0.2, 0.25) is 0 Å². The first-order valence-electron chi connectivity index (χ1n) is 5.88. The van der Waals surface area contributed by atoms with Crippen LogP contribution in [0, 0.1) is 12.3 Å². The third kappa shape index (κ3) is 2.68. The van der Waals surface area contributed by atoms with Gasteiger partial charge >= 0.3 is 5.97 Å². The lowest BCUT2D eigenvalue weighted by Crippen LogP contribution is -2.29. The molecule has 1 N–H and O–H groups in total. The highest BCUT2D eigenvalue weighted by molar-refractivity contribution is 7.89. The van der Waals surface area contributed by atoms with Crippen LogP contribution in [0.25, 0.3) is 0 Å². The average Bonchev–Trinajstić information content (AvgIpc) is 2.73. The molecule has 0 radical (unpaired) electrons. The summed E-state index contributed by atoms with van der Waals surface area (Å²) < 4.78 is 32.0. The molecule has 1 aliphatic carbocycles. The fraction of sp³-hybridized carbons (Fsp3) is 0.583. The molecule has 1 aliphatic rings. The van der Waals surface area contributed by atoms with Gasteiger partial charge in [-0.3, -0.25) is 0 Å². The van der Waals surface area contributed by atoms with Crippen molar-refractivity contribution in [1.29, 1.82) is 0 Å². The molecule has 0 aromatic carbocycles. The van der Waals surface area contributed by atoms with Crippen molar-refractivity contribution in [1.82, 2.24) is 4.72 Å². The van der Waals surface area contributed by atoms with Crippen LogP contribution in [-0.4, -0.2) is 27.5 Å². The predicted molar refractivity (Wildman–Crippen MR) is 72.9 cm³/mol. The molecule has 1 aromatic rings. The number of aryl methyl sites for hydroxylation is 1. The number of ether oxygens (including phenoxy) is 1. The van der Waals surface area contributed by atoms with E-state index >= 15 is 0 Å². The number of nitrogens with one attached hydrogen (secondary N) is 1. The lowest BCUT2D eigenvalue weighted by atomic mass is 10.2. The van der Waals surface area contributed by atoms with Gasteiger partial charge in [0.1, 0.15) is 9.77 Å². The number of hydrogen-bond acceptors (Lipinski definition) is 5. The topological polar surface area (TPSA) is 72.5 Å². The van der Waals surface area contributed by atoms with E-state index in [9.17, 15) is 13.2 Å². The highest BCUT2D eigenvalue weighted by Crippen LogP contribution is 2.45. The van der Waals surface area contributed by atoms with Crippen molar-refractivity contribution in [3.63, 3.8) is 0 Å². The fourth-order valence-electron chi connectivity index (χ4n) is 1.92. The number of carbonyl (C=O) groups excluding carboxylic acids is 1. The van der Waals surface area contributed by atoms with Crippen LogP contribution in [0.5, 0.6) is 0 Å². The summed E-state index contributed by atoms with van der Waals surface area (Å²) >= 11 is 1.09. The highest BCUT2D eigenvalue weighted by atomic mass is 32.2. The van der Waals surface area contributed by atoms with E-state index in [2.05, 4.69) is 9.46 Å². The molecule has 0 aliphatic heterocycles. The van der Waals surface area contributed by atoms with Crippen LogP contribution in [0.4, 0.5) is 0 Å². The minimum Gasteiger partial charge on any atom is -0.465 e. The van der Waals surface area contributed by atoms with Crippen molar-refractivity contribution in [2.45, 2.75) is 38.1 Å². The molecular formula is C12H17NO4S2. The van der Waals surface area contributed by atoms with E-state index in [4.69, 9.17) is 0 Å². The molecule has 7 heteroatoms. The third-order valence-electron chi connectivity index (χ3n) is 3.37. The van der Waals surface area contributed by atoms with Gasteiger partial charge in [0.15, 0.2) is 0 Å². The zero-order valence-electron chi connectivity index (χ0n) is 11.3. The summed E-state index contributed by atoms with van der Waals surface area (Å²) in [4.78, 5) is 11.8. The van der Waals surface area contributed by atoms with Gasteiger partial charge < -0.3 is 4.74 Å². The summed E-state index contributed by atoms with van der Waals surface area (Å²) in [7, 11) is -2.44. The van der Waals surface area contributed by atoms with Gasteiger partial charge in [0.25, 0.3) is 0 Å². The minimum absolute atomic E-state index is 0.0115. The molecule has 1 saturated carbocycles. The Bertz CT molecular complexity index is 616. The van der Waals surface area contributed by atoms with Gasteiger partial charge in [-0.05, 0) is 29.7 Å². The maximum Gasteiger partial charge on any atom is 0.349 e. The largest absolute Gasteiger partial charge is 0.465 e. The maximum atomic E-state index is 12.4. The van der Waals surface area contributed by atoms with Gasteiger partial charge in [-0.2, -0.15) is 0 Å². The van der Waals surface area contributed by atoms with E-state index < -0.39 is 16.0 Å². The molecule has 2 rings (SSSR count). The second kappa shape index (κ2) is 4.57. The maximum absolute atomic E-state index is 12.4. The molecule has 0 bridgehead atoms. The number of carbonyl (C=O) groups is 1. The zero-order valence-corrected chi connectivity index (χ0v) is 12.9. The van der Waals surface area contributed by atoms with E-state index in [0.717, 1.165) is 17.8 Å². The summed E-state index contributed by atoms with van der Waals surface area (Å²) in [6.07, 6.45) is 0.809. The smallest absolute Gasteiger partial charge is 0.349 e. The normalized spacial score (nSPS) is 21.2. The number of sulfonamides is 1. The first-order valence-corrected chi connectivity index (χ1v) is 8.24. The molecule has 1 aromatic heterocycles. The number of thiophene rings is 1. The Hall–Kier alpha value is -0.920. The fourth-order valence-corrected chi connectivity index (χ4v) is 5.03. The van der Waals surface area contributed by atoms with Crippen molar-refractivity contribution in [3.05, 3.63) is 15.8 Å². The Kier molecular flexibility index (Phi) is 3.49. The lowest BCUT2D eigenvalue weighted by molar-refractivity contribution is 0.0602. The molecule has 19 heavy (non-hydrogen) atoms. The summed E-state index contributed by atoms with van der Waals surface area (Å²) in [5, 5.41) is 1.65. The first kappa shape index (κ1) is 14.5. The monoisotopic (exact) mass is 303 g/mol. The van der Waals surface area contributed by atoms with Crippen LogP contribution < -0.4 is 4.72 Å². The summed E-state index contributed by atoms with van der Waals surface area (Å²) in [6.45, 7) is 5.68. The SMILES string of the molecule is COC(=O)c1scc(C)c1S(=O)(=O)NC1CC1(C)C. The van der Waals surface area contributed by atoms with Crippen LogP contribution >= 0.6 is 11.3 Å². The Morgan fingerprint density at radius 3 is 2.58 bits per heavy atom. The second-order valence-electron chi connectivity index (χ2n) is 5.44. The van der Waals surface area contributed by atoms with E-state index in [1.807, 2.05) is 13.8 Å². The average molecular weight is 303 g/mol. The summed E-state index contributed by atoms with van der Waals surface area (Å²) in [5.74, 6) is -0.617. The number of esters is 1. The second-order valence-corrected chi connectivity index (χ2v) is 7.97. The molecule has 5 nitrogen and oxygen atoms in total. The van der Waals surface area contributed by atoms with E-state index in [0.29, 0.717) is 5.56 Å². The molecule has 1 unspecified atom stereocenters. The molecule has 0 spiro atoms. The van der Waals surface area contributed by atoms with Gasteiger partial charge in [-0.1, -0.05) is 13.8 Å². The molecule has 1 atom stereocenters. The molecule has 0 amide bonds. The first-order chi connectivity index (χ1) is 8.69. The standard InChI is InChI=1S/C12H17NO4S2/c1-7-6-18-9(11(14)17-4)10(7)19(15,16)13-8-5-12(8,2)3/h6,8,13H,5H2,1-4H3. The van der Waals surface area contributed by atoms with Gasteiger partial charge in [0.2, 0.25) is 10.0 Å². The highest BCUT2D eigenvalue weighted by Gasteiger charge is 2.48. The van der Waals surface area contributed by atoms with Crippen LogP contribution in [0.15, 0.2) is 10.3 Å². The molecule has 0 saturated heterocycles. The Labute approximate surface area is 117 Å². The van der Waals surface area contributed by atoms with Crippen molar-refractivity contribution in [2.75, 3.05) is 7.11 Å². The Balaban J connectivity index is 2.35. The zero-order chi connectivity index (χ0) is 14.4. The van der Waals surface area contributed by atoms with Crippen molar-refractivity contribution >= 4 is 27.3 Å². The van der Waals surface area contributed by atoms with Crippen molar-refractivity contribution in [3.8, 4) is 0 Å². The van der Waals surface area contributed by atoms with Crippen LogP contribution in [0.1, 0.15) is 35.5 Å². The van der Waals surface area contributed by atoms with Crippen LogP contribution in [-0.2, 0) is 14.8 Å². The van der Waals surface area contributed by atoms with Gasteiger partial charge in [-0.25, -0.2) is 17.9 Å². The van der Waals surface area contributed by atoms with E-state index in [1.54, 1.807) is 12.3 Å². The van der Waals surface area contributed by atoms with E-state index in [1.165, 1.54) is 7.11 Å². The lowest BCUT2D eigenvalue weighted by Gasteiger charge is -2.09. The Morgan fingerprint density at radius 1 is 1.53 bits per heavy atom. The summed E-state index contributed by atoms with van der Waals surface area (Å²) in [6, 6.07) is -0.0673. The van der Waals surface area contributed by atoms with Crippen LogP contribution in [0.3, 0.4) is 0 Å². The molecule has 1 fully saturated rings. The van der Waals surface area contributed by atoms with Gasteiger partial charge in [0.05, 0.1) is 7.11 Å². The summed E-state index contributed by atoms with van der Waals surface area (Å²) in [5.41, 5.74) is 0.555. The quantitative estimate of drug-likeness (QED) is 0.863. The number of methoxy groups -OCH3 is 1. The van der Waals surface area contributed by atoms with Gasteiger partial charge in [-0.15, -0.1) is 11.3 Å². The number of rotatable bonds is 4. The Morgan fingerprint density at radius 2 is 2.11 bits per heavy atom. The van der Waals surface area contributed by atoms with Crippen molar-refractivity contribution < 1.29 is 17.9 Å². The number of hydrogen-bond donors (Lipinski definition) is 1. The molecule has 106 valence electrons. The third-order valence-corrected chi connectivity index (χ3v) is 6.23. The van der Waals surface area contributed by atoms with Gasteiger partial charge in [0, 0.05) is 6.04 Å².